The Bertz CT molecular complexity index is 434. The van der Waals surface area contributed by atoms with Gasteiger partial charge in [0.25, 0.3) is 5.69 Å². The van der Waals surface area contributed by atoms with Gasteiger partial charge in [-0.3, -0.25) is 14.9 Å². The van der Waals surface area contributed by atoms with E-state index in [-0.39, 0.29) is 12.3 Å². The van der Waals surface area contributed by atoms with Gasteiger partial charge in [-0.25, -0.2) is 0 Å². The number of nitro groups is 1. The zero-order chi connectivity index (χ0) is 16.8. The van der Waals surface area contributed by atoms with Crippen molar-refractivity contribution in [1.82, 2.24) is 0 Å². The zero-order valence-corrected chi connectivity index (χ0v) is 13.7. The van der Waals surface area contributed by atoms with Gasteiger partial charge in [0, 0.05) is 25.6 Å². The standard InChI is InChI=1S/C10H12N2O4.C3H8.C2H6/c1-7(13)16-6-8-4-3-5-9(12(14)15)10(8)11-2;1-3-2;1-2/h3-5,11H,6H2,1-2H3;3H2,1-2H3;1-2H3. The van der Waals surface area contributed by atoms with Crippen LogP contribution in [0.1, 0.15) is 46.6 Å². The fourth-order valence-electron chi connectivity index (χ4n) is 1.33. The highest BCUT2D eigenvalue weighted by atomic mass is 16.6. The van der Waals surface area contributed by atoms with E-state index < -0.39 is 10.9 Å². The second-order valence-corrected chi connectivity index (χ2v) is 3.81. The van der Waals surface area contributed by atoms with E-state index in [1.807, 2.05) is 13.8 Å². The van der Waals surface area contributed by atoms with Crippen LogP contribution in [-0.2, 0) is 16.1 Å². The molecule has 21 heavy (non-hydrogen) atoms. The van der Waals surface area contributed by atoms with Gasteiger partial charge in [0.2, 0.25) is 0 Å². The van der Waals surface area contributed by atoms with Crippen LogP contribution >= 0.6 is 0 Å². The van der Waals surface area contributed by atoms with E-state index in [0.717, 1.165) is 0 Å². The van der Waals surface area contributed by atoms with Crippen LogP contribution in [-0.4, -0.2) is 17.9 Å². The number of hydrogen-bond acceptors (Lipinski definition) is 5. The molecule has 0 aliphatic carbocycles. The van der Waals surface area contributed by atoms with Gasteiger partial charge in [-0.1, -0.05) is 46.2 Å². The lowest BCUT2D eigenvalue weighted by Gasteiger charge is -2.09. The van der Waals surface area contributed by atoms with Crippen molar-refractivity contribution in [3.8, 4) is 0 Å². The summed E-state index contributed by atoms with van der Waals surface area (Å²) in [6, 6.07) is 4.61. The molecule has 0 atom stereocenters. The fourth-order valence-corrected chi connectivity index (χ4v) is 1.33. The van der Waals surface area contributed by atoms with Crippen LogP contribution in [0, 0.1) is 10.1 Å². The van der Waals surface area contributed by atoms with Crippen molar-refractivity contribution in [2.45, 2.75) is 47.6 Å². The predicted octanol–water partition coefficient (Wildman–Crippen LogP) is 4.14. The van der Waals surface area contributed by atoms with E-state index in [4.69, 9.17) is 4.74 Å². The summed E-state index contributed by atoms with van der Waals surface area (Å²) in [7, 11) is 1.58. The number of nitrogens with one attached hydrogen (secondary N) is 1. The molecule has 0 fully saturated rings. The van der Waals surface area contributed by atoms with Crippen LogP contribution < -0.4 is 5.32 Å². The van der Waals surface area contributed by atoms with Gasteiger partial charge in [0.1, 0.15) is 12.3 Å². The van der Waals surface area contributed by atoms with Crippen molar-refractivity contribution in [3.63, 3.8) is 0 Å². The summed E-state index contributed by atoms with van der Waals surface area (Å²) in [6.45, 7) is 9.56. The third kappa shape index (κ3) is 8.62. The second-order valence-electron chi connectivity index (χ2n) is 3.81. The molecule has 0 bridgehead atoms. The summed E-state index contributed by atoms with van der Waals surface area (Å²) in [5.41, 5.74) is 0.910. The SMILES string of the molecule is CC.CCC.CNc1c(COC(C)=O)cccc1[N+](=O)[O-]. The number of nitrogens with zero attached hydrogens (tertiary/aromatic N) is 1. The molecule has 120 valence electrons. The van der Waals surface area contributed by atoms with Crippen molar-refractivity contribution < 1.29 is 14.5 Å². The monoisotopic (exact) mass is 298 g/mol. The van der Waals surface area contributed by atoms with Gasteiger partial charge in [-0.15, -0.1) is 0 Å². The van der Waals surface area contributed by atoms with Crippen LogP contribution in [0.3, 0.4) is 0 Å². The first-order valence-electron chi connectivity index (χ1n) is 7.05. The van der Waals surface area contributed by atoms with Crippen LogP contribution in [0.25, 0.3) is 0 Å². The second kappa shape index (κ2) is 12.9. The highest BCUT2D eigenvalue weighted by Gasteiger charge is 2.16. The van der Waals surface area contributed by atoms with E-state index in [2.05, 4.69) is 19.2 Å². The maximum atomic E-state index is 10.7. The molecule has 0 heterocycles. The molecule has 0 aromatic heterocycles. The lowest BCUT2D eigenvalue weighted by Crippen LogP contribution is -2.04. The Balaban J connectivity index is 0. The van der Waals surface area contributed by atoms with Gasteiger partial charge < -0.3 is 10.1 Å². The van der Waals surface area contributed by atoms with Crippen LogP contribution in [0.15, 0.2) is 18.2 Å². The van der Waals surface area contributed by atoms with Crippen LogP contribution in [0.2, 0.25) is 0 Å². The molecule has 6 heteroatoms. The lowest BCUT2D eigenvalue weighted by molar-refractivity contribution is -0.384. The summed E-state index contributed by atoms with van der Waals surface area (Å²) < 4.78 is 4.80. The topological polar surface area (TPSA) is 81.5 Å². The van der Waals surface area contributed by atoms with Gasteiger partial charge in [-0.2, -0.15) is 0 Å². The summed E-state index contributed by atoms with van der Waals surface area (Å²) in [5, 5.41) is 13.5. The lowest BCUT2D eigenvalue weighted by atomic mass is 10.1. The Morgan fingerprint density at radius 3 is 2.24 bits per heavy atom. The van der Waals surface area contributed by atoms with Crippen LogP contribution in [0.4, 0.5) is 11.4 Å². The quantitative estimate of drug-likeness (QED) is 0.513. The summed E-state index contributed by atoms with van der Waals surface area (Å²) in [6.07, 6.45) is 1.25. The van der Waals surface area contributed by atoms with Gasteiger partial charge in [0.15, 0.2) is 0 Å². The van der Waals surface area contributed by atoms with Crippen molar-refractivity contribution in [2.24, 2.45) is 0 Å². The number of esters is 1. The molecule has 0 radical (unpaired) electrons. The number of carbonyl (C=O) groups is 1. The third-order valence-corrected chi connectivity index (χ3v) is 2.01. The van der Waals surface area contributed by atoms with Crippen molar-refractivity contribution in [2.75, 3.05) is 12.4 Å². The molecule has 0 saturated carbocycles. The summed E-state index contributed by atoms with van der Waals surface area (Å²) in [5.74, 6) is -0.423. The first kappa shape index (κ1) is 21.2. The van der Waals surface area contributed by atoms with Gasteiger partial charge in [0.05, 0.1) is 4.92 Å². The number of benzene rings is 1. The number of hydrogen-bond donors (Lipinski definition) is 1. The van der Waals surface area contributed by atoms with E-state index in [1.54, 1.807) is 19.2 Å². The summed E-state index contributed by atoms with van der Waals surface area (Å²) in [4.78, 5) is 20.9. The van der Waals surface area contributed by atoms with E-state index in [1.165, 1.54) is 19.4 Å². The number of carbonyl (C=O) groups excluding carboxylic acids is 1. The van der Waals surface area contributed by atoms with E-state index in [9.17, 15) is 14.9 Å². The minimum absolute atomic E-state index is 0.0210. The predicted molar refractivity (Wildman–Crippen MR) is 85.4 cm³/mol. The van der Waals surface area contributed by atoms with E-state index >= 15 is 0 Å². The molecular formula is C15H26N2O4. The molecule has 0 aliphatic heterocycles. The van der Waals surface area contributed by atoms with Crippen molar-refractivity contribution in [1.29, 1.82) is 0 Å². The average Bonchev–Trinajstić information content (AvgIpc) is 2.47. The maximum absolute atomic E-state index is 10.7. The smallest absolute Gasteiger partial charge is 0.302 e. The number of ether oxygens (including phenoxy) is 1. The minimum atomic E-state index is -0.483. The number of nitro benzene ring substituents is 1. The van der Waals surface area contributed by atoms with E-state index in [0.29, 0.717) is 11.3 Å². The largest absolute Gasteiger partial charge is 0.461 e. The highest BCUT2D eigenvalue weighted by molar-refractivity contribution is 5.68. The minimum Gasteiger partial charge on any atom is -0.461 e. The Morgan fingerprint density at radius 1 is 1.33 bits per heavy atom. The highest BCUT2D eigenvalue weighted by Crippen LogP contribution is 2.28. The van der Waals surface area contributed by atoms with Crippen molar-refractivity contribution in [3.05, 3.63) is 33.9 Å². The van der Waals surface area contributed by atoms with Crippen molar-refractivity contribution >= 4 is 17.3 Å². The molecule has 1 rings (SSSR count). The average molecular weight is 298 g/mol. The zero-order valence-electron chi connectivity index (χ0n) is 13.7. The third-order valence-electron chi connectivity index (χ3n) is 2.01. The first-order chi connectivity index (χ1) is 9.97. The molecular weight excluding hydrogens is 272 g/mol. The Kier molecular flexibility index (Phi) is 13.0. The molecule has 0 aliphatic rings. The molecule has 1 aromatic carbocycles. The molecule has 6 nitrogen and oxygen atoms in total. The Hall–Kier alpha value is -2.11. The molecule has 1 N–H and O–H groups in total. The number of rotatable bonds is 4. The molecule has 0 unspecified atom stereocenters. The number of para-hydroxylation sites is 1. The molecule has 1 aromatic rings. The molecule has 0 saturated heterocycles. The van der Waals surface area contributed by atoms with Gasteiger partial charge >= 0.3 is 5.97 Å². The van der Waals surface area contributed by atoms with Crippen LogP contribution in [0.5, 0.6) is 0 Å². The first-order valence-corrected chi connectivity index (χ1v) is 7.05. The Morgan fingerprint density at radius 2 is 1.86 bits per heavy atom. The Labute approximate surface area is 126 Å². The molecule has 0 spiro atoms. The fraction of sp³-hybridized carbons (Fsp3) is 0.533. The normalized spacial score (nSPS) is 8.48. The maximum Gasteiger partial charge on any atom is 0.302 e. The number of anilines is 1. The summed E-state index contributed by atoms with van der Waals surface area (Å²) >= 11 is 0. The molecule has 0 amide bonds. The van der Waals surface area contributed by atoms with Gasteiger partial charge in [-0.05, 0) is 0 Å².